The van der Waals surface area contributed by atoms with Gasteiger partial charge in [-0.25, -0.2) is 0 Å². The SMILES string of the molecule is Cc1ccc(N)c2nn(C)c(C)c12. The Hall–Kier alpha value is -1.51. The molecule has 0 fully saturated rings. The standard InChI is InChI=1S/C10H13N3/c1-6-4-5-8(11)10-9(6)7(2)13(3)12-10/h4-5H,11H2,1-3H3. The van der Waals surface area contributed by atoms with Crippen molar-refractivity contribution in [3.05, 3.63) is 23.4 Å². The minimum Gasteiger partial charge on any atom is -0.397 e. The predicted molar refractivity (Wildman–Crippen MR) is 54.6 cm³/mol. The van der Waals surface area contributed by atoms with Gasteiger partial charge in [-0.1, -0.05) is 6.07 Å². The molecular weight excluding hydrogens is 162 g/mol. The number of aryl methyl sites for hydroxylation is 3. The summed E-state index contributed by atoms with van der Waals surface area (Å²) < 4.78 is 1.87. The topological polar surface area (TPSA) is 43.8 Å². The third-order valence-electron chi connectivity index (χ3n) is 2.51. The minimum atomic E-state index is 0.754. The Bertz CT molecular complexity index is 468. The molecule has 1 heterocycles. The van der Waals surface area contributed by atoms with E-state index in [0.29, 0.717) is 0 Å². The molecule has 0 spiro atoms. The number of anilines is 1. The predicted octanol–water partition coefficient (Wildman–Crippen LogP) is 1.77. The fourth-order valence-corrected chi connectivity index (χ4v) is 1.66. The van der Waals surface area contributed by atoms with Crippen LogP contribution in [-0.4, -0.2) is 9.78 Å². The summed E-state index contributed by atoms with van der Waals surface area (Å²) in [6.45, 7) is 4.14. The molecule has 0 aliphatic carbocycles. The molecule has 0 amide bonds. The van der Waals surface area contributed by atoms with Crippen molar-refractivity contribution >= 4 is 16.6 Å². The van der Waals surface area contributed by atoms with E-state index in [1.165, 1.54) is 16.6 Å². The molecule has 2 N–H and O–H groups in total. The van der Waals surface area contributed by atoms with Gasteiger partial charge in [-0.2, -0.15) is 5.10 Å². The fourth-order valence-electron chi connectivity index (χ4n) is 1.66. The number of nitrogens with zero attached hydrogens (tertiary/aromatic N) is 2. The van der Waals surface area contributed by atoms with Crippen LogP contribution in [-0.2, 0) is 7.05 Å². The van der Waals surface area contributed by atoms with Gasteiger partial charge < -0.3 is 5.73 Å². The van der Waals surface area contributed by atoms with E-state index in [2.05, 4.69) is 18.9 Å². The molecule has 0 atom stereocenters. The van der Waals surface area contributed by atoms with Gasteiger partial charge >= 0.3 is 0 Å². The van der Waals surface area contributed by atoms with Crippen LogP contribution in [0.1, 0.15) is 11.3 Å². The van der Waals surface area contributed by atoms with E-state index >= 15 is 0 Å². The summed E-state index contributed by atoms with van der Waals surface area (Å²) in [7, 11) is 1.94. The molecule has 0 aliphatic heterocycles. The molecule has 1 aromatic heterocycles. The van der Waals surface area contributed by atoms with Gasteiger partial charge in [0.25, 0.3) is 0 Å². The van der Waals surface area contributed by atoms with Crippen LogP contribution < -0.4 is 5.73 Å². The van der Waals surface area contributed by atoms with Crippen molar-refractivity contribution in [3.8, 4) is 0 Å². The first-order valence-electron chi connectivity index (χ1n) is 4.29. The number of rotatable bonds is 0. The normalized spacial score (nSPS) is 11.0. The molecular formula is C10H13N3. The highest BCUT2D eigenvalue weighted by atomic mass is 15.3. The van der Waals surface area contributed by atoms with Gasteiger partial charge in [0.05, 0.1) is 5.69 Å². The Morgan fingerprint density at radius 2 is 2.00 bits per heavy atom. The van der Waals surface area contributed by atoms with Crippen molar-refractivity contribution in [2.75, 3.05) is 5.73 Å². The van der Waals surface area contributed by atoms with Crippen molar-refractivity contribution < 1.29 is 0 Å². The Balaban J connectivity index is 3.00. The van der Waals surface area contributed by atoms with Gasteiger partial charge in [0.1, 0.15) is 5.52 Å². The van der Waals surface area contributed by atoms with Gasteiger partial charge in [0, 0.05) is 18.1 Å². The Morgan fingerprint density at radius 3 is 2.62 bits per heavy atom. The van der Waals surface area contributed by atoms with E-state index in [0.717, 1.165) is 11.2 Å². The smallest absolute Gasteiger partial charge is 0.116 e. The van der Waals surface area contributed by atoms with E-state index in [1.807, 2.05) is 23.9 Å². The van der Waals surface area contributed by atoms with E-state index in [1.54, 1.807) is 0 Å². The Kier molecular flexibility index (Phi) is 1.55. The second-order valence-electron chi connectivity index (χ2n) is 3.40. The molecule has 0 aliphatic rings. The first-order chi connectivity index (χ1) is 6.11. The van der Waals surface area contributed by atoms with E-state index in [-0.39, 0.29) is 0 Å². The maximum Gasteiger partial charge on any atom is 0.116 e. The number of aromatic nitrogens is 2. The quantitative estimate of drug-likeness (QED) is 0.620. The molecule has 0 saturated heterocycles. The van der Waals surface area contributed by atoms with Crippen LogP contribution in [0.4, 0.5) is 5.69 Å². The van der Waals surface area contributed by atoms with Gasteiger partial charge in [-0.05, 0) is 25.5 Å². The highest BCUT2D eigenvalue weighted by Gasteiger charge is 2.09. The lowest BCUT2D eigenvalue weighted by Crippen LogP contribution is -1.92. The van der Waals surface area contributed by atoms with Crippen LogP contribution in [0.5, 0.6) is 0 Å². The third-order valence-corrected chi connectivity index (χ3v) is 2.51. The molecule has 0 saturated carbocycles. The highest BCUT2D eigenvalue weighted by molar-refractivity contribution is 5.93. The lowest BCUT2D eigenvalue weighted by molar-refractivity contribution is 0.751. The second-order valence-corrected chi connectivity index (χ2v) is 3.40. The Labute approximate surface area is 77.2 Å². The summed E-state index contributed by atoms with van der Waals surface area (Å²) in [5, 5.41) is 5.55. The average molecular weight is 175 g/mol. The molecule has 2 rings (SSSR count). The summed E-state index contributed by atoms with van der Waals surface area (Å²) in [6, 6.07) is 3.94. The summed E-state index contributed by atoms with van der Waals surface area (Å²) >= 11 is 0. The third kappa shape index (κ3) is 1.00. The van der Waals surface area contributed by atoms with E-state index < -0.39 is 0 Å². The molecule has 3 heteroatoms. The van der Waals surface area contributed by atoms with Crippen molar-refractivity contribution in [2.45, 2.75) is 13.8 Å². The van der Waals surface area contributed by atoms with Crippen LogP contribution in [0, 0.1) is 13.8 Å². The van der Waals surface area contributed by atoms with Crippen molar-refractivity contribution in [1.82, 2.24) is 9.78 Å². The molecule has 0 radical (unpaired) electrons. The van der Waals surface area contributed by atoms with Gasteiger partial charge in [-0.3, -0.25) is 4.68 Å². The van der Waals surface area contributed by atoms with Crippen molar-refractivity contribution in [1.29, 1.82) is 0 Å². The first-order valence-corrected chi connectivity index (χ1v) is 4.29. The highest BCUT2D eigenvalue weighted by Crippen LogP contribution is 2.25. The summed E-state index contributed by atoms with van der Waals surface area (Å²) in [4.78, 5) is 0. The zero-order valence-electron chi connectivity index (χ0n) is 8.13. The van der Waals surface area contributed by atoms with Crippen LogP contribution in [0.3, 0.4) is 0 Å². The van der Waals surface area contributed by atoms with Gasteiger partial charge in [0.2, 0.25) is 0 Å². The number of benzene rings is 1. The van der Waals surface area contributed by atoms with E-state index in [4.69, 9.17) is 5.73 Å². The number of nitrogen functional groups attached to an aromatic ring is 1. The number of nitrogens with two attached hydrogens (primary N) is 1. The number of hydrogen-bond acceptors (Lipinski definition) is 2. The molecule has 13 heavy (non-hydrogen) atoms. The molecule has 3 nitrogen and oxygen atoms in total. The first kappa shape index (κ1) is 8.10. The largest absolute Gasteiger partial charge is 0.397 e. The van der Waals surface area contributed by atoms with Gasteiger partial charge in [0.15, 0.2) is 0 Å². The summed E-state index contributed by atoms with van der Waals surface area (Å²) in [6.07, 6.45) is 0. The van der Waals surface area contributed by atoms with E-state index in [9.17, 15) is 0 Å². The molecule has 0 unspecified atom stereocenters. The lowest BCUT2D eigenvalue weighted by Gasteiger charge is -1.98. The molecule has 1 aromatic carbocycles. The molecule has 2 aromatic rings. The fraction of sp³-hybridized carbons (Fsp3) is 0.300. The zero-order valence-corrected chi connectivity index (χ0v) is 8.13. The van der Waals surface area contributed by atoms with Crippen molar-refractivity contribution in [2.24, 2.45) is 7.05 Å². The van der Waals surface area contributed by atoms with Crippen LogP contribution >= 0.6 is 0 Å². The lowest BCUT2D eigenvalue weighted by atomic mass is 10.1. The average Bonchev–Trinajstić information content (AvgIpc) is 2.38. The maximum atomic E-state index is 5.83. The number of fused-ring (bicyclic) bond motifs is 1. The van der Waals surface area contributed by atoms with Crippen LogP contribution in [0.15, 0.2) is 12.1 Å². The Morgan fingerprint density at radius 1 is 1.31 bits per heavy atom. The zero-order chi connectivity index (χ0) is 9.59. The monoisotopic (exact) mass is 175 g/mol. The van der Waals surface area contributed by atoms with Crippen molar-refractivity contribution in [3.63, 3.8) is 0 Å². The summed E-state index contributed by atoms with van der Waals surface area (Å²) in [5.41, 5.74) is 9.90. The summed E-state index contributed by atoms with van der Waals surface area (Å²) in [5.74, 6) is 0. The molecule has 0 bridgehead atoms. The number of hydrogen-bond donors (Lipinski definition) is 1. The van der Waals surface area contributed by atoms with Gasteiger partial charge in [-0.15, -0.1) is 0 Å². The van der Waals surface area contributed by atoms with Crippen LogP contribution in [0.2, 0.25) is 0 Å². The van der Waals surface area contributed by atoms with Crippen LogP contribution in [0.25, 0.3) is 10.9 Å². The maximum absolute atomic E-state index is 5.83. The second kappa shape index (κ2) is 2.49. The molecule has 68 valence electrons. The minimum absolute atomic E-state index is 0.754.